The lowest BCUT2D eigenvalue weighted by Crippen LogP contribution is -2.56. The quantitative estimate of drug-likeness (QED) is 0.149. The molecular weight excluding hydrogens is 532 g/mol. The topological polar surface area (TPSA) is 87.1 Å². The van der Waals surface area contributed by atoms with Crippen molar-refractivity contribution >= 4 is 45.5 Å². The number of esters is 1. The van der Waals surface area contributed by atoms with Crippen LogP contribution < -0.4 is 0 Å². The van der Waals surface area contributed by atoms with E-state index in [1.54, 1.807) is 33.7 Å². The van der Waals surface area contributed by atoms with Crippen LogP contribution in [0.25, 0.3) is 0 Å². The minimum absolute atomic E-state index is 0.0267. The Hall–Kier alpha value is -1.32. The van der Waals surface area contributed by atoms with Crippen molar-refractivity contribution in [3.8, 4) is 0 Å². The predicted molar refractivity (Wildman–Crippen MR) is 142 cm³/mol. The number of ether oxygens (including phenoxy) is 1. The van der Waals surface area contributed by atoms with E-state index in [1.807, 2.05) is 13.8 Å². The molecule has 6 atom stereocenters. The molecule has 3 unspecified atom stereocenters. The Morgan fingerprint density at radius 1 is 1.29 bits per heavy atom. The summed E-state index contributed by atoms with van der Waals surface area (Å²) in [5, 5.41) is 9.07. The summed E-state index contributed by atoms with van der Waals surface area (Å²) >= 11 is 5.41. The lowest BCUT2D eigenvalue weighted by Gasteiger charge is -2.39. The molecule has 3 rings (SSSR count). The first kappa shape index (κ1) is 28.3. The van der Waals surface area contributed by atoms with Crippen molar-refractivity contribution < 1.29 is 24.2 Å². The molecule has 0 saturated carbocycles. The highest BCUT2D eigenvalue weighted by molar-refractivity contribution is 9.09. The Balaban J connectivity index is 1.94. The van der Waals surface area contributed by atoms with Crippen molar-refractivity contribution in [2.45, 2.75) is 79.3 Å². The van der Waals surface area contributed by atoms with Gasteiger partial charge in [0.15, 0.2) is 0 Å². The van der Waals surface area contributed by atoms with Crippen LogP contribution in [-0.2, 0) is 19.1 Å². The molecule has 0 aromatic rings. The minimum Gasteiger partial charge on any atom is -0.465 e. The second-order valence-electron chi connectivity index (χ2n) is 9.95. The highest BCUT2D eigenvalue weighted by Gasteiger charge is 2.76. The maximum atomic E-state index is 14.1. The van der Waals surface area contributed by atoms with E-state index in [9.17, 15) is 19.5 Å². The zero-order valence-electron chi connectivity index (χ0n) is 20.9. The van der Waals surface area contributed by atoms with Gasteiger partial charge in [-0.25, -0.2) is 0 Å². The molecular formula is C26H39BrN2O5S. The Morgan fingerprint density at radius 2 is 2.03 bits per heavy atom. The monoisotopic (exact) mass is 570 g/mol. The minimum atomic E-state index is -0.664. The lowest BCUT2D eigenvalue weighted by atomic mass is 9.71. The number of halogens is 1. The summed E-state index contributed by atoms with van der Waals surface area (Å²) in [7, 11) is 0. The van der Waals surface area contributed by atoms with Crippen LogP contribution in [0.3, 0.4) is 0 Å². The number of alkyl halides is 1. The largest absolute Gasteiger partial charge is 0.465 e. The second kappa shape index (κ2) is 12.3. The molecule has 1 spiro atoms. The Labute approximate surface area is 221 Å². The molecule has 2 amide bonds. The van der Waals surface area contributed by atoms with Crippen LogP contribution in [0.5, 0.6) is 0 Å². The van der Waals surface area contributed by atoms with Gasteiger partial charge in [0, 0.05) is 35.8 Å². The summed E-state index contributed by atoms with van der Waals surface area (Å²) in [4.78, 5) is 44.8. The first-order valence-electron chi connectivity index (χ1n) is 12.7. The van der Waals surface area contributed by atoms with Crippen LogP contribution in [0.4, 0.5) is 0 Å². The summed E-state index contributed by atoms with van der Waals surface area (Å²) in [5.74, 6) is -1.67. The summed E-state index contributed by atoms with van der Waals surface area (Å²) in [6.45, 7) is 12.7. The fraction of sp³-hybridized carbons (Fsp3) is 0.731. The fourth-order valence-corrected chi connectivity index (χ4v) is 9.43. The van der Waals surface area contributed by atoms with Gasteiger partial charge in [-0.1, -0.05) is 28.1 Å². The first-order chi connectivity index (χ1) is 16.7. The third kappa shape index (κ3) is 5.37. The molecule has 2 bridgehead atoms. The van der Waals surface area contributed by atoms with E-state index in [-0.39, 0.29) is 40.5 Å². The van der Waals surface area contributed by atoms with Crippen LogP contribution in [0, 0.1) is 11.8 Å². The molecule has 196 valence electrons. The number of nitrogens with zero attached hydrogens (tertiary/aromatic N) is 2. The number of unbranched alkanes of at least 4 members (excludes halogenated alkanes) is 3. The highest BCUT2D eigenvalue weighted by Crippen LogP contribution is 2.68. The van der Waals surface area contributed by atoms with Crippen molar-refractivity contribution in [1.29, 1.82) is 0 Å². The first-order valence-corrected chi connectivity index (χ1v) is 14.5. The van der Waals surface area contributed by atoms with Crippen molar-refractivity contribution in [3.05, 3.63) is 25.3 Å². The van der Waals surface area contributed by atoms with E-state index in [0.717, 1.165) is 12.8 Å². The van der Waals surface area contributed by atoms with Gasteiger partial charge in [0.25, 0.3) is 0 Å². The second-order valence-corrected chi connectivity index (χ2v) is 12.7. The Morgan fingerprint density at radius 3 is 2.66 bits per heavy atom. The highest BCUT2D eigenvalue weighted by atomic mass is 79.9. The molecule has 3 aliphatic heterocycles. The molecule has 3 aliphatic rings. The van der Waals surface area contributed by atoms with Crippen LogP contribution in [-0.4, -0.2) is 85.9 Å². The van der Waals surface area contributed by atoms with Crippen LogP contribution in [0.1, 0.15) is 52.4 Å². The standard InChI is InChI=1S/C26H39BrN2O5S/c1-5-7-11-15-34-25(33)19-20-23(31)29(13-9-8-10-14-30)22(24(32)28(12-6-2)17(3)4)26(20)16-18(27)21(19)35-26/h5-6,17-22,30H,1-2,7-16H2,3-4H3/t18?,19-,20-,21-,22?,26?/m0/s1. The summed E-state index contributed by atoms with van der Waals surface area (Å²) < 4.78 is 4.96. The van der Waals surface area contributed by atoms with E-state index >= 15 is 0 Å². The Kier molecular flexibility index (Phi) is 9.91. The number of thioether (sulfide) groups is 1. The van der Waals surface area contributed by atoms with Crippen LogP contribution in [0.2, 0.25) is 0 Å². The molecule has 35 heavy (non-hydrogen) atoms. The molecule has 7 nitrogen and oxygen atoms in total. The van der Waals surface area contributed by atoms with Crippen molar-refractivity contribution in [2.75, 3.05) is 26.3 Å². The van der Waals surface area contributed by atoms with Crippen LogP contribution >= 0.6 is 27.7 Å². The van der Waals surface area contributed by atoms with E-state index in [4.69, 9.17) is 4.74 Å². The molecule has 3 heterocycles. The summed E-state index contributed by atoms with van der Waals surface area (Å²) in [6, 6.07) is -0.679. The summed E-state index contributed by atoms with van der Waals surface area (Å²) in [6.07, 6.45) is 7.74. The number of carbonyl (C=O) groups excluding carboxylic acids is 3. The molecule has 0 aromatic heterocycles. The number of aliphatic hydroxyl groups is 1. The number of rotatable bonds is 14. The third-order valence-electron chi connectivity index (χ3n) is 7.38. The number of carbonyl (C=O) groups is 3. The van der Waals surface area contributed by atoms with Gasteiger partial charge in [-0.05, 0) is 52.4 Å². The number of hydrogen-bond acceptors (Lipinski definition) is 6. The van der Waals surface area contributed by atoms with E-state index in [1.165, 1.54) is 0 Å². The number of amides is 2. The normalized spacial score (nSPS) is 31.1. The average molecular weight is 572 g/mol. The third-order valence-corrected chi connectivity index (χ3v) is 10.6. The Bertz CT molecular complexity index is 824. The lowest BCUT2D eigenvalue weighted by molar-refractivity contribution is -0.154. The van der Waals surface area contributed by atoms with Gasteiger partial charge < -0.3 is 19.6 Å². The molecule has 3 saturated heterocycles. The maximum Gasteiger partial charge on any atom is 0.310 e. The molecule has 1 N–H and O–H groups in total. The van der Waals surface area contributed by atoms with Gasteiger partial charge >= 0.3 is 5.97 Å². The number of aliphatic hydroxyl groups excluding tert-OH is 1. The average Bonchev–Trinajstić information content (AvgIpc) is 3.40. The number of likely N-dealkylation sites (tertiary alicyclic amines) is 1. The van der Waals surface area contributed by atoms with Gasteiger partial charge in [0.1, 0.15) is 6.04 Å². The molecule has 0 aliphatic carbocycles. The van der Waals surface area contributed by atoms with E-state index < -0.39 is 22.6 Å². The van der Waals surface area contributed by atoms with Crippen molar-refractivity contribution in [2.24, 2.45) is 11.8 Å². The predicted octanol–water partition coefficient (Wildman–Crippen LogP) is 3.55. The van der Waals surface area contributed by atoms with Crippen molar-refractivity contribution in [1.82, 2.24) is 9.80 Å². The van der Waals surface area contributed by atoms with Crippen molar-refractivity contribution in [3.63, 3.8) is 0 Å². The van der Waals surface area contributed by atoms with Gasteiger partial charge in [-0.15, -0.1) is 24.9 Å². The molecule has 0 aromatic carbocycles. The van der Waals surface area contributed by atoms with Gasteiger partial charge in [0.05, 0.1) is 23.2 Å². The van der Waals surface area contributed by atoms with E-state index in [0.29, 0.717) is 45.4 Å². The van der Waals surface area contributed by atoms with E-state index in [2.05, 4.69) is 29.1 Å². The zero-order valence-corrected chi connectivity index (χ0v) is 23.3. The van der Waals surface area contributed by atoms with Gasteiger partial charge in [0.2, 0.25) is 11.8 Å². The maximum absolute atomic E-state index is 14.1. The van der Waals surface area contributed by atoms with Crippen LogP contribution in [0.15, 0.2) is 25.3 Å². The van der Waals surface area contributed by atoms with Gasteiger partial charge in [-0.3, -0.25) is 14.4 Å². The molecule has 3 fully saturated rings. The fourth-order valence-electron chi connectivity index (χ4n) is 5.84. The molecule has 9 heteroatoms. The molecule has 0 radical (unpaired) electrons. The van der Waals surface area contributed by atoms with Gasteiger partial charge in [-0.2, -0.15) is 0 Å². The number of hydrogen-bond donors (Lipinski definition) is 1. The smallest absolute Gasteiger partial charge is 0.310 e. The zero-order chi connectivity index (χ0) is 25.8. The number of fused-ring (bicyclic) bond motifs is 1. The number of allylic oxidation sites excluding steroid dienone is 1. The SMILES string of the molecule is C=CCCCOC(=O)[C@H]1[C@H]2C(=O)N(CCCCCO)C(C(=O)N(CC=C)C(C)C)C23CC(Br)[C@@H]1S3. The summed E-state index contributed by atoms with van der Waals surface area (Å²) in [5.41, 5.74) is 0.